The maximum atomic E-state index is 13.7. The van der Waals surface area contributed by atoms with Crippen LogP contribution in [0.25, 0.3) is 0 Å². The summed E-state index contributed by atoms with van der Waals surface area (Å²) in [6.07, 6.45) is 2.85. The zero-order valence-corrected chi connectivity index (χ0v) is 9.95. The van der Waals surface area contributed by atoms with Crippen molar-refractivity contribution in [2.45, 2.75) is 27.2 Å². The fraction of sp³-hybridized carbons (Fsp3) is 0.417. The Morgan fingerprint density at radius 3 is 2.59 bits per heavy atom. The van der Waals surface area contributed by atoms with Crippen LogP contribution in [-0.4, -0.2) is 10.6 Å². The largest absolute Gasteiger partial charge is 0.259 e. The fourth-order valence-electron chi connectivity index (χ4n) is 1.76. The van der Waals surface area contributed by atoms with Crippen LogP contribution in [0.2, 0.25) is 0 Å². The van der Waals surface area contributed by atoms with E-state index in [-0.39, 0.29) is 23.2 Å². The lowest BCUT2D eigenvalue weighted by molar-refractivity contribution is -0.427. The molecule has 0 saturated heterocycles. The van der Waals surface area contributed by atoms with Gasteiger partial charge < -0.3 is 0 Å². The fourth-order valence-corrected chi connectivity index (χ4v) is 1.76. The first-order valence-corrected chi connectivity index (χ1v) is 5.34. The van der Waals surface area contributed by atoms with Gasteiger partial charge in [-0.2, -0.15) is 0 Å². The van der Waals surface area contributed by atoms with Crippen LogP contribution in [0.15, 0.2) is 39.9 Å². The molecule has 0 unspecified atom stereocenters. The lowest BCUT2D eigenvalue weighted by Gasteiger charge is -2.15. The molecule has 0 saturated carbocycles. The molecule has 0 amide bonds. The second-order valence-electron chi connectivity index (χ2n) is 5.18. The number of rotatable bonds is 1. The van der Waals surface area contributed by atoms with Crippen molar-refractivity contribution >= 4 is 5.71 Å². The van der Waals surface area contributed by atoms with E-state index in [4.69, 9.17) is 0 Å². The number of nitro groups is 1. The zero-order valence-electron chi connectivity index (χ0n) is 9.95. The molecule has 0 radical (unpaired) electrons. The minimum absolute atomic E-state index is 0.122. The van der Waals surface area contributed by atoms with Crippen molar-refractivity contribution < 1.29 is 9.31 Å². The van der Waals surface area contributed by atoms with Crippen LogP contribution in [0, 0.1) is 15.5 Å². The second-order valence-corrected chi connectivity index (χ2v) is 5.18. The predicted molar refractivity (Wildman–Crippen MR) is 62.8 cm³/mol. The summed E-state index contributed by atoms with van der Waals surface area (Å²) in [7, 11) is 0. The van der Waals surface area contributed by atoms with E-state index < -0.39 is 10.8 Å². The van der Waals surface area contributed by atoms with Gasteiger partial charge in [-0.1, -0.05) is 20.8 Å². The first kappa shape index (κ1) is 11.7. The summed E-state index contributed by atoms with van der Waals surface area (Å²) < 4.78 is 13.7. The van der Waals surface area contributed by atoms with Crippen molar-refractivity contribution in [2.24, 2.45) is 10.4 Å². The van der Waals surface area contributed by atoms with Gasteiger partial charge in [-0.05, 0) is 11.6 Å². The van der Waals surface area contributed by atoms with E-state index in [2.05, 4.69) is 4.99 Å². The first-order valence-electron chi connectivity index (χ1n) is 5.34. The molecule has 2 rings (SSSR count). The average molecular weight is 236 g/mol. The summed E-state index contributed by atoms with van der Waals surface area (Å²) in [6.45, 7) is 5.92. The van der Waals surface area contributed by atoms with Crippen molar-refractivity contribution in [3.63, 3.8) is 0 Å². The van der Waals surface area contributed by atoms with Gasteiger partial charge in [0.15, 0.2) is 5.83 Å². The number of allylic oxidation sites excluding steroid dienone is 5. The van der Waals surface area contributed by atoms with E-state index in [1.807, 2.05) is 20.8 Å². The Balaban J connectivity index is 2.42. The molecular weight excluding hydrogens is 223 g/mol. The number of halogens is 1. The van der Waals surface area contributed by atoms with E-state index in [0.717, 1.165) is 11.8 Å². The van der Waals surface area contributed by atoms with E-state index >= 15 is 0 Å². The van der Waals surface area contributed by atoms with Crippen molar-refractivity contribution in [1.29, 1.82) is 0 Å². The van der Waals surface area contributed by atoms with Crippen molar-refractivity contribution in [1.82, 2.24) is 0 Å². The third-order valence-corrected chi connectivity index (χ3v) is 2.74. The van der Waals surface area contributed by atoms with E-state index in [1.54, 1.807) is 6.08 Å². The highest BCUT2D eigenvalue weighted by atomic mass is 19.1. The topological polar surface area (TPSA) is 55.5 Å². The van der Waals surface area contributed by atoms with Crippen LogP contribution >= 0.6 is 0 Å². The first-order chi connectivity index (χ1) is 7.79. The minimum atomic E-state index is -0.617. The molecule has 0 aromatic rings. The Hall–Kier alpha value is -1.78. The second kappa shape index (κ2) is 3.61. The standard InChI is InChI=1S/C12H13FN2O2/c1-12(2,3)10-5-7-4-8(15(16)17)6-9(13)11(7)14-10/h5-6H,4H2,1-3H3. The number of aliphatic imine (C=N–C) groups is 1. The van der Waals surface area contributed by atoms with Gasteiger partial charge in [-0.25, -0.2) is 9.38 Å². The highest BCUT2D eigenvalue weighted by Crippen LogP contribution is 2.37. The Morgan fingerprint density at radius 2 is 2.06 bits per heavy atom. The van der Waals surface area contributed by atoms with Gasteiger partial charge in [0, 0.05) is 17.2 Å². The Kier molecular flexibility index (Phi) is 2.49. The minimum Gasteiger partial charge on any atom is -0.259 e. The van der Waals surface area contributed by atoms with Crippen molar-refractivity contribution in [3.8, 4) is 0 Å². The van der Waals surface area contributed by atoms with Gasteiger partial charge in [0.05, 0.1) is 11.3 Å². The molecule has 1 aliphatic heterocycles. The molecular formula is C12H13FN2O2. The summed E-state index contributed by atoms with van der Waals surface area (Å²) in [5, 5.41) is 10.7. The molecule has 17 heavy (non-hydrogen) atoms. The summed E-state index contributed by atoms with van der Waals surface area (Å²) in [5.74, 6) is -0.617. The average Bonchev–Trinajstić information content (AvgIpc) is 2.60. The van der Waals surface area contributed by atoms with Crippen LogP contribution in [-0.2, 0) is 0 Å². The molecule has 5 heteroatoms. The van der Waals surface area contributed by atoms with Crippen LogP contribution in [0.4, 0.5) is 4.39 Å². The summed E-state index contributed by atoms with van der Waals surface area (Å²) >= 11 is 0. The van der Waals surface area contributed by atoms with Crippen LogP contribution in [0.3, 0.4) is 0 Å². The molecule has 0 bridgehead atoms. The molecule has 0 atom stereocenters. The maximum Gasteiger partial charge on any atom is 0.253 e. The number of nitrogens with zero attached hydrogens (tertiary/aromatic N) is 2. The van der Waals surface area contributed by atoms with Crippen LogP contribution < -0.4 is 0 Å². The summed E-state index contributed by atoms with van der Waals surface area (Å²) in [4.78, 5) is 14.3. The van der Waals surface area contributed by atoms with Gasteiger partial charge >= 0.3 is 0 Å². The Bertz CT molecular complexity index is 519. The lowest BCUT2D eigenvalue weighted by Crippen LogP contribution is -2.16. The van der Waals surface area contributed by atoms with Crippen molar-refractivity contribution in [3.05, 3.63) is 45.1 Å². The smallest absolute Gasteiger partial charge is 0.253 e. The molecule has 2 aliphatic rings. The number of fused-ring (bicyclic) bond motifs is 1. The molecule has 4 nitrogen and oxygen atoms in total. The lowest BCUT2D eigenvalue weighted by atomic mass is 9.89. The maximum absolute atomic E-state index is 13.7. The Morgan fingerprint density at radius 1 is 1.41 bits per heavy atom. The molecule has 0 spiro atoms. The highest BCUT2D eigenvalue weighted by molar-refractivity contribution is 6.03. The normalized spacial score (nSPS) is 19.6. The monoisotopic (exact) mass is 236 g/mol. The third-order valence-electron chi connectivity index (χ3n) is 2.74. The van der Waals surface area contributed by atoms with Crippen LogP contribution in [0.1, 0.15) is 27.2 Å². The quantitative estimate of drug-likeness (QED) is 0.518. The third kappa shape index (κ3) is 2.05. The Labute approximate surface area is 98.4 Å². The summed E-state index contributed by atoms with van der Waals surface area (Å²) in [6, 6.07) is 0. The van der Waals surface area contributed by atoms with Crippen LogP contribution in [0.5, 0.6) is 0 Å². The van der Waals surface area contributed by atoms with Crippen molar-refractivity contribution in [2.75, 3.05) is 0 Å². The van der Waals surface area contributed by atoms with Gasteiger partial charge in [-0.3, -0.25) is 10.1 Å². The van der Waals surface area contributed by atoms with E-state index in [1.165, 1.54) is 0 Å². The van der Waals surface area contributed by atoms with E-state index in [9.17, 15) is 14.5 Å². The molecule has 1 heterocycles. The predicted octanol–water partition coefficient (Wildman–Crippen LogP) is 3.16. The molecule has 0 aromatic carbocycles. The van der Waals surface area contributed by atoms with E-state index in [0.29, 0.717) is 5.57 Å². The molecule has 90 valence electrons. The molecule has 1 aliphatic carbocycles. The molecule has 0 N–H and O–H groups in total. The zero-order chi connectivity index (χ0) is 12.8. The number of hydrogen-bond acceptors (Lipinski definition) is 3. The van der Waals surface area contributed by atoms with Gasteiger partial charge in [0.1, 0.15) is 5.70 Å². The molecule has 0 fully saturated rings. The SMILES string of the molecule is CC(C)(C)C1=NC2=C(F)C=C([N+](=O)[O-])CC2=C1. The van der Waals surface area contributed by atoms with Gasteiger partial charge in [-0.15, -0.1) is 0 Å². The van der Waals surface area contributed by atoms with Gasteiger partial charge in [0.2, 0.25) is 0 Å². The van der Waals surface area contributed by atoms with Gasteiger partial charge in [0.25, 0.3) is 5.70 Å². The summed E-state index contributed by atoms with van der Waals surface area (Å²) in [5.41, 5.74) is 1.30. The highest BCUT2D eigenvalue weighted by Gasteiger charge is 2.31. The molecule has 0 aromatic heterocycles. The number of hydrogen-bond donors (Lipinski definition) is 0.